The predicted molar refractivity (Wildman–Crippen MR) is 164 cm³/mol. The van der Waals surface area contributed by atoms with Crippen LogP contribution < -0.4 is 15.6 Å². The number of aryl methyl sites for hydroxylation is 1. The normalized spacial score (nSPS) is 16.6. The van der Waals surface area contributed by atoms with Crippen molar-refractivity contribution in [1.29, 1.82) is 0 Å². The van der Waals surface area contributed by atoms with Crippen LogP contribution >= 0.6 is 23.2 Å². The Morgan fingerprint density at radius 2 is 1.85 bits per heavy atom. The molecule has 0 aliphatic heterocycles. The quantitative estimate of drug-likeness (QED) is 0.185. The van der Waals surface area contributed by atoms with E-state index in [1.165, 1.54) is 27.7 Å². The van der Waals surface area contributed by atoms with Gasteiger partial charge in [-0.2, -0.15) is 23.3 Å². The number of pyridine rings is 2. The van der Waals surface area contributed by atoms with Gasteiger partial charge >= 0.3 is 6.18 Å². The zero-order valence-electron chi connectivity index (χ0n) is 23.9. The molecule has 0 saturated heterocycles. The van der Waals surface area contributed by atoms with Gasteiger partial charge in [-0.05, 0) is 24.5 Å². The number of aromatic nitrogens is 7. The molecule has 1 aliphatic rings. The average Bonchev–Trinajstić information content (AvgIpc) is 3.56. The van der Waals surface area contributed by atoms with Crippen molar-refractivity contribution in [1.82, 2.24) is 33.7 Å². The van der Waals surface area contributed by atoms with E-state index in [0.29, 0.717) is 30.5 Å². The van der Waals surface area contributed by atoms with E-state index in [9.17, 15) is 18.0 Å². The summed E-state index contributed by atoms with van der Waals surface area (Å²) in [6.07, 6.45) is 2.65. The number of ether oxygens (including phenoxy) is 2. The van der Waals surface area contributed by atoms with E-state index in [1.54, 1.807) is 13.2 Å². The Balaban J connectivity index is 1.16. The molecular weight excluding hydrogens is 648 g/mol. The molecule has 1 aliphatic carbocycles. The molecule has 0 spiro atoms. The molecular formula is C30H23Cl2F3N8O3. The fraction of sp³-hybridized carbons (Fsp3) is 0.233. The molecule has 1 fully saturated rings. The molecule has 46 heavy (non-hydrogen) atoms. The van der Waals surface area contributed by atoms with Gasteiger partial charge in [-0.25, -0.2) is 14.5 Å². The first-order valence-electron chi connectivity index (χ1n) is 14.0. The van der Waals surface area contributed by atoms with Crippen molar-refractivity contribution in [3.05, 3.63) is 99.0 Å². The van der Waals surface area contributed by atoms with Crippen LogP contribution in [0.15, 0.2) is 72.2 Å². The van der Waals surface area contributed by atoms with Crippen molar-refractivity contribution in [2.45, 2.75) is 37.8 Å². The van der Waals surface area contributed by atoms with Crippen molar-refractivity contribution < 1.29 is 22.6 Å². The highest BCUT2D eigenvalue weighted by Gasteiger charge is 2.37. The summed E-state index contributed by atoms with van der Waals surface area (Å²) in [5.41, 5.74) is -0.0269. The number of imidazole rings is 1. The van der Waals surface area contributed by atoms with Crippen LogP contribution in [0.5, 0.6) is 11.5 Å². The Hall–Kier alpha value is -4.66. The number of benzene rings is 1. The molecule has 1 N–H and O–H groups in total. The molecule has 7 rings (SSSR count). The summed E-state index contributed by atoms with van der Waals surface area (Å²) in [5, 5.41) is 7.24. The van der Waals surface area contributed by atoms with E-state index in [2.05, 4.69) is 25.4 Å². The van der Waals surface area contributed by atoms with Crippen molar-refractivity contribution in [3.63, 3.8) is 0 Å². The van der Waals surface area contributed by atoms with Crippen molar-refractivity contribution in [2.24, 2.45) is 7.05 Å². The maximum atomic E-state index is 14.0. The molecule has 1 aromatic carbocycles. The molecule has 0 radical (unpaired) electrons. The number of hydrogen-bond donors (Lipinski definition) is 1. The van der Waals surface area contributed by atoms with Crippen LogP contribution in [0.4, 0.5) is 24.8 Å². The van der Waals surface area contributed by atoms with Crippen LogP contribution in [0.25, 0.3) is 16.7 Å². The Bertz CT molecular complexity index is 2140. The van der Waals surface area contributed by atoms with Gasteiger partial charge in [0.1, 0.15) is 21.7 Å². The average molecular weight is 671 g/mol. The number of nitrogens with zero attached hydrogens (tertiary/aromatic N) is 7. The molecule has 0 unspecified atom stereocenters. The lowest BCUT2D eigenvalue weighted by atomic mass is 9.88. The van der Waals surface area contributed by atoms with Crippen LogP contribution in [-0.2, 0) is 24.6 Å². The third-order valence-electron chi connectivity index (χ3n) is 7.79. The number of alkyl halides is 3. The van der Waals surface area contributed by atoms with Gasteiger partial charge in [-0.1, -0.05) is 53.5 Å². The van der Waals surface area contributed by atoms with E-state index >= 15 is 0 Å². The minimum absolute atomic E-state index is 0.0467. The van der Waals surface area contributed by atoms with Gasteiger partial charge in [-0.15, -0.1) is 0 Å². The van der Waals surface area contributed by atoms with Gasteiger partial charge in [0.05, 0.1) is 30.7 Å². The lowest BCUT2D eigenvalue weighted by Gasteiger charge is -2.36. The summed E-state index contributed by atoms with van der Waals surface area (Å²) in [5.74, 6) is 0.467. The number of hydrogen-bond acceptors (Lipinski definition) is 8. The molecule has 0 bridgehead atoms. The summed E-state index contributed by atoms with van der Waals surface area (Å²) < 4.78 is 57.8. The summed E-state index contributed by atoms with van der Waals surface area (Å²) in [6, 6.07) is 9.87. The zero-order valence-corrected chi connectivity index (χ0v) is 25.4. The summed E-state index contributed by atoms with van der Waals surface area (Å²) in [4.78, 5) is 26.2. The van der Waals surface area contributed by atoms with Gasteiger partial charge in [0.2, 0.25) is 5.95 Å². The Morgan fingerprint density at radius 1 is 1.07 bits per heavy atom. The monoisotopic (exact) mass is 670 g/mol. The van der Waals surface area contributed by atoms with Gasteiger partial charge < -0.3 is 23.9 Å². The standard InChI is InChI=1S/C30H23Cl2F3N8O3/c1-41-25-23(31)21(46-22-13-38-43-8-7-36-26(32)24(22)43)12-37-27(25)40-29(41)39-20-9-17(30(33,34)35)14-42(28(20)44)18-10-19(11-18)45-15-16-5-3-2-4-6-16/h2-9,12-14,18-19H,10-11,15H2,1H3,(H,37,39,40)/t18-,19+. The van der Waals surface area contributed by atoms with E-state index < -0.39 is 23.3 Å². The molecule has 236 valence electrons. The Morgan fingerprint density at radius 3 is 2.61 bits per heavy atom. The van der Waals surface area contributed by atoms with E-state index in [0.717, 1.165) is 22.4 Å². The van der Waals surface area contributed by atoms with Gasteiger partial charge in [-0.3, -0.25) is 4.79 Å². The number of fused-ring (bicyclic) bond motifs is 2. The number of rotatable bonds is 8. The zero-order chi connectivity index (χ0) is 32.2. The van der Waals surface area contributed by atoms with Gasteiger partial charge in [0.25, 0.3) is 5.56 Å². The fourth-order valence-corrected chi connectivity index (χ4v) is 5.83. The number of anilines is 2. The summed E-state index contributed by atoms with van der Waals surface area (Å²) in [7, 11) is 1.58. The van der Waals surface area contributed by atoms with Crippen molar-refractivity contribution in [2.75, 3.05) is 5.32 Å². The lowest BCUT2D eigenvalue weighted by Crippen LogP contribution is -2.39. The Labute approximate surface area is 268 Å². The van der Waals surface area contributed by atoms with Gasteiger partial charge in [0, 0.05) is 31.7 Å². The number of nitrogens with one attached hydrogen (secondary N) is 1. The minimum atomic E-state index is -4.70. The second-order valence-electron chi connectivity index (χ2n) is 10.7. The highest BCUT2D eigenvalue weighted by Crippen LogP contribution is 2.39. The van der Waals surface area contributed by atoms with Crippen molar-refractivity contribution in [3.8, 4) is 11.5 Å². The van der Waals surface area contributed by atoms with Gasteiger partial charge in [0.15, 0.2) is 22.3 Å². The molecule has 5 aromatic heterocycles. The Kier molecular flexibility index (Phi) is 7.57. The largest absolute Gasteiger partial charge is 0.450 e. The van der Waals surface area contributed by atoms with E-state index in [4.69, 9.17) is 32.7 Å². The summed E-state index contributed by atoms with van der Waals surface area (Å²) >= 11 is 12.9. The molecule has 11 nitrogen and oxygen atoms in total. The molecule has 6 aromatic rings. The highest BCUT2D eigenvalue weighted by molar-refractivity contribution is 6.36. The molecule has 0 atom stereocenters. The van der Waals surface area contributed by atoms with E-state index in [-0.39, 0.29) is 45.1 Å². The lowest BCUT2D eigenvalue weighted by molar-refractivity contribution is -0.138. The number of halogens is 5. The van der Waals surface area contributed by atoms with E-state index in [1.807, 2.05) is 30.3 Å². The third-order valence-corrected chi connectivity index (χ3v) is 8.43. The minimum Gasteiger partial charge on any atom is -0.450 e. The molecule has 16 heteroatoms. The topological polar surface area (TPSA) is 113 Å². The second kappa shape index (κ2) is 11.6. The molecule has 5 heterocycles. The SMILES string of the molecule is Cn1c(Nc2cc(C(F)(F)F)cn([C@H]3C[C@@H](OCc4ccccc4)C3)c2=O)nc2ncc(Oc3cnn4ccnc(Cl)c34)c(Cl)c21. The second-order valence-corrected chi connectivity index (χ2v) is 11.5. The summed E-state index contributed by atoms with van der Waals surface area (Å²) in [6.45, 7) is 0.378. The third kappa shape index (κ3) is 5.52. The first-order chi connectivity index (χ1) is 22.1. The highest BCUT2D eigenvalue weighted by atomic mass is 35.5. The smallest absolute Gasteiger partial charge is 0.417 e. The fourth-order valence-electron chi connectivity index (χ4n) is 5.30. The van der Waals surface area contributed by atoms with Crippen LogP contribution in [0.2, 0.25) is 10.2 Å². The molecule has 0 amide bonds. The molecule has 1 saturated carbocycles. The first kappa shape index (κ1) is 30.0. The van der Waals surface area contributed by atoms with Crippen LogP contribution in [0.1, 0.15) is 30.0 Å². The van der Waals surface area contributed by atoms with Crippen LogP contribution in [0, 0.1) is 0 Å². The first-order valence-corrected chi connectivity index (χ1v) is 14.7. The van der Waals surface area contributed by atoms with Crippen LogP contribution in [-0.4, -0.2) is 39.8 Å². The predicted octanol–water partition coefficient (Wildman–Crippen LogP) is 6.95. The maximum Gasteiger partial charge on any atom is 0.417 e. The van der Waals surface area contributed by atoms with Crippen LogP contribution in [0.3, 0.4) is 0 Å². The van der Waals surface area contributed by atoms with Crippen molar-refractivity contribution >= 4 is 51.5 Å². The maximum absolute atomic E-state index is 14.0.